The van der Waals surface area contributed by atoms with E-state index >= 15 is 0 Å². The summed E-state index contributed by atoms with van der Waals surface area (Å²) in [5, 5.41) is 9.13. The van der Waals surface area contributed by atoms with Crippen LogP contribution in [0.25, 0.3) is 0 Å². The molecule has 21 heavy (non-hydrogen) atoms. The van der Waals surface area contributed by atoms with Crippen LogP contribution in [0.2, 0.25) is 0 Å². The Morgan fingerprint density at radius 2 is 2.10 bits per heavy atom. The van der Waals surface area contributed by atoms with Crippen molar-refractivity contribution < 1.29 is 19.4 Å². The third-order valence-electron chi connectivity index (χ3n) is 3.58. The van der Waals surface area contributed by atoms with Crippen molar-refractivity contribution in [3.8, 4) is 0 Å². The Morgan fingerprint density at radius 3 is 2.71 bits per heavy atom. The molecule has 2 rings (SSSR count). The summed E-state index contributed by atoms with van der Waals surface area (Å²) < 4.78 is 5.08. The van der Waals surface area contributed by atoms with E-state index in [2.05, 4.69) is 0 Å². The second kappa shape index (κ2) is 7.04. The van der Waals surface area contributed by atoms with Gasteiger partial charge in [0.05, 0.1) is 18.6 Å². The molecule has 1 N–H and O–H groups in total. The number of carboxylic acid groups (broad SMARTS) is 1. The highest BCUT2D eigenvalue weighted by molar-refractivity contribution is 5.91. The summed E-state index contributed by atoms with van der Waals surface area (Å²) in [6.45, 7) is 1.82. The van der Waals surface area contributed by atoms with E-state index in [1.54, 1.807) is 30.2 Å². The summed E-state index contributed by atoms with van der Waals surface area (Å²) in [7, 11) is 1.65. The molecule has 0 unspecified atom stereocenters. The van der Waals surface area contributed by atoms with Crippen LogP contribution in [-0.4, -0.2) is 48.7 Å². The number of rotatable bonds is 5. The first-order valence-electron chi connectivity index (χ1n) is 6.87. The fourth-order valence-corrected chi connectivity index (χ4v) is 2.41. The quantitative estimate of drug-likeness (QED) is 0.838. The van der Waals surface area contributed by atoms with Gasteiger partial charge in [-0.05, 0) is 23.6 Å². The van der Waals surface area contributed by atoms with Crippen molar-refractivity contribution >= 4 is 11.9 Å². The van der Waals surface area contributed by atoms with Gasteiger partial charge in [-0.2, -0.15) is 0 Å². The number of nitrogens with zero attached hydrogens (tertiary/aromatic N) is 1. The van der Waals surface area contributed by atoms with Crippen molar-refractivity contribution in [3.63, 3.8) is 0 Å². The van der Waals surface area contributed by atoms with Gasteiger partial charge in [-0.25, -0.2) is 4.79 Å². The van der Waals surface area contributed by atoms with E-state index in [9.17, 15) is 9.59 Å². The van der Waals surface area contributed by atoms with Crippen LogP contribution < -0.4 is 0 Å². The minimum absolute atomic E-state index is 0.0450. The first-order valence-corrected chi connectivity index (χ1v) is 6.87. The second-order valence-corrected chi connectivity index (χ2v) is 5.02. The van der Waals surface area contributed by atoms with Gasteiger partial charge in [0.15, 0.2) is 0 Å². The van der Waals surface area contributed by atoms with Gasteiger partial charge in [-0.1, -0.05) is 24.3 Å². The Morgan fingerprint density at radius 1 is 1.33 bits per heavy atom. The van der Waals surface area contributed by atoms with Crippen LogP contribution in [0.15, 0.2) is 35.9 Å². The molecular formula is C16H19NO4. The lowest BCUT2D eigenvalue weighted by Gasteiger charge is -2.26. The molecule has 1 aromatic carbocycles. The van der Waals surface area contributed by atoms with Gasteiger partial charge < -0.3 is 14.7 Å². The average molecular weight is 289 g/mol. The highest BCUT2D eigenvalue weighted by Crippen LogP contribution is 2.15. The fraction of sp³-hybridized carbons (Fsp3) is 0.375. The molecule has 0 spiro atoms. The van der Waals surface area contributed by atoms with Crippen LogP contribution in [0.3, 0.4) is 0 Å². The van der Waals surface area contributed by atoms with Gasteiger partial charge in [0.2, 0.25) is 5.91 Å². The standard InChI is InChI=1S/C16H19NO4/c1-21-11-12-6-8-17(9-7-12)15(18)10-13-4-2-3-5-14(13)16(19)20/h2-6H,7-11H2,1H3,(H,19,20). The van der Waals surface area contributed by atoms with Gasteiger partial charge >= 0.3 is 5.97 Å². The molecule has 0 radical (unpaired) electrons. The third-order valence-corrected chi connectivity index (χ3v) is 3.58. The Labute approximate surface area is 123 Å². The molecule has 0 fully saturated rings. The van der Waals surface area contributed by atoms with Crippen molar-refractivity contribution in [1.82, 2.24) is 4.90 Å². The number of carboxylic acids is 1. The molecule has 5 nitrogen and oxygen atoms in total. The van der Waals surface area contributed by atoms with Gasteiger partial charge in [0.1, 0.15) is 0 Å². The Kier molecular flexibility index (Phi) is 5.11. The van der Waals surface area contributed by atoms with E-state index in [-0.39, 0.29) is 17.9 Å². The molecule has 1 aliphatic rings. The van der Waals surface area contributed by atoms with Crippen molar-refractivity contribution in [2.45, 2.75) is 12.8 Å². The zero-order chi connectivity index (χ0) is 15.2. The third kappa shape index (κ3) is 3.92. The lowest BCUT2D eigenvalue weighted by molar-refractivity contribution is -0.130. The maximum Gasteiger partial charge on any atom is 0.335 e. The molecule has 1 heterocycles. The second-order valence-electron chi connectivity index (χ2n) is 5.02. The lowest BCUT2D eigenvalue weighted by atomic mass is 10.0. The summed E-state index contributed by atoms with van der Waals surface area (Å²) in [6, 6.07) is 6.63. The number of aromatic carboxylic acids is 1. The maximum atomic E-state index is 12.3. The van der Waals surface area contributed by atoms with E-state index < -0.39 is 5.97 Å². The summed E-state index contributed by atoms with van der Waals surface area (Å²) in [6.07, 6.45) is 2.93. The SMILES string of the molecule is COCC1=CCN(C(=O)Cc2ccccc2C(=O)O)CC1. The molecule has 0 saturated heterocycles. The molecule has 1 amide bonds. The fourth-order valence-electron chi connectivity index (χ4n) is 2.41. The first kappa shape index (κ1) is 15.3. The topological polar surface area (TPSA) is 66.8 Å². The van der Waals surface area contributed by atoms with Crippen molar-refractivity contribution in [3.05, 3.63) is 47.0 Å². The minimum atomic E-state index is -1.00. The van der Waals surface area contributed by atoms with Crippen LogP contribution in [0.1, 0.15) is 22.3 Å². The molecule has 0 saturated carbocycles. The lowest BCUT2D eigenvalue weighted by Crippen LogP contribution is -2.36. The number of ether oxygens (including phenoxy) is 1. The van der Waals surface area contributed by atoms with E-state index in [4.69, 9.17) is 9.84 Å². The first-order chi connectivity index (χ1) is 10.1. The number of benzene rings is 1. The van der Waals surface area contributed by atoms with Crippen molar-refractivity contribution in [2.24, 2.45) is 0 Å². The predicted molar refractivity (Wildman–Crippen MR) is 78.3 cm³/mol. The summed E-state index contributed by atoms with van der Waals surface area (Å²) >= 11 is 0. The van der Waals surface area contributed by atoms with Crippen molar-refractivity contribution in [2.75, 3.05) is 26.8 Å². The zero-order valence-corrected chi connectivity index (χ0v) is 12.0. The average Bonchev–Trinajstić information content (AvgIpc) is 2.48. The Hall–Kier alpha value is -2.14. The van der Waals surface area contributed by atoms with E-state index in [0.29, 0.717) is 25.3 Å². The van der Waals surface area contributed by atoms with Gasteiger partial charge in [0, 0.05) is 20.2 Å². The molecule has 5 heteroatoms. The number of carbonyl (C=O) groups is 2. The normalized spacial score (nSPS) is 14.7. The summed E-state index contributed by atoms with van der Waals surface area (Å²) in [5.41, 5.74) is 1.95. The number of carbonyl (C=O) groups excluding carboxylic acids is 1. The number of hydrogen-bond donors (Lipinski definition) is 1. The monoisotopic (exact) mass is 289 g/mol. The highest BCUT2D eigenvalue weighted by atomic mass is 16.5. The Bertz CT molecular complexity index is 565. The molecule has 0 aliphatic carbocycles. The van der Waals surface area contributed by atoms with E-state index in [1.165, 1.54) is 11.6 Å². The van der Waals surface area contributed by atoms with Gasteiger partial charge in [0.25, 0.3) is 0 Å². The maximum absolute atomic E-state index is 12.3. The number of hydrogen-bond acceptors (Lipinski definition) is 3. The van der Waals surface area contributed by atoms with Crippen molar-refractivity contribution in [1.29, 1.82) is 0 Å². The molecule has 0 atom stereocenters. The zero-order valence-electron chi connectivity index (χ0n) is 12.0. The largest absolute Gasteiger partial charge is 0.478 e. The predicted octanol–water partition coefficient (Wildman–Crippen LogP) is 1.73. The molecular weight excluding hydrogens is 270 g/mol. The van der Waals surface area contributed by atoms with Gasteiger partial charge in [-0.3, -0.25) is 4.79 Å². The minimum Gasteiger partial charge on any atom is -0.478 e. The highest BCUT2D eigenvalue weighted by Gasteiger charge is 2.19. The molecule has 1 aromatic rings. The summed E-state index contributed by atoms with van der Waals surface area (Å²) in [5.74, 6) is -1.05. The van der Waals surface area contributed by atoms with E-state index in [0.717, 1.165) is 6.42 Å². The van der Waals surface area contributed by atoms with Crippen LogP contribution in [0, 0.1) is 0 Å². The smallest absolute Gasteiger partial charge is 0.335 e. The van der Waals surface area contributed by atoms with Crippen LogP contribution in [-0.2, 0) is 16.0 Å². The molecule has 0 aromatic heterocycles. The number of methoxy groups -OCH3 is 1. The molecule has 112 valence electrons. The van der Waals surface area contributed by atoms with Crippen LogP contribution in [0.5, 0.6) is 0 Å². The van der Waals surface area contributed by atoms with E-state index in [1.807, 2.05) is 6.08 Å². The molecule has 0 bridgehead atoms. The van der Waals surface area contributed by atoms with Gasteiger partial charge in [-0.15, -0.1) is 0 Å². The van der Waals surface area contributed by atoms with Crippen LogP contribution in [0.4, 0.5) is 0 Å². The van der Waals surface area contributed by atoms with Crippen LogP contribution >= 0.6 is 0 Å². The Balaban J connectivity index is 2.02. The number of amides is 1. The molecule has 1 aliphatic heterocycles. The summed E-state index contributed by atoms with van der Waals surface area (Å²) in [4.78, 5) is 25.2.